The lowest BCUT2D eigenvalue weighted by molar-refractivity contribution is 0.0499. The monoisotopic (exact) mass is 481 g/mol. The third-order valence-electron chi connectivity index (χ3n) is 4.08. The van der Waals surface area contributed by atoms with Crippen LogP contribution in [0.3, 0.4) is 0 Å². The highest BCUT2D eigenvalue weighted by atomic mass is 79.9. The summed E-state index contributed by atoms with van der Waals surface area (Å²) in [5.41, 5.74) is -0.586. The van der Waals surface area contributed by atoms with Gasteiger partial charge in [0.1, 0.15) is 11.4 Å². The third kappa shape index (κ3) is 4.45. The zero-order valence-electron chi connectivity index (χ0n) is 16.4. The molecule has 8 nitrogen and oxygen atoms in total. The van der Waals surface area contributed by atoms with Gasteiger partial charge in [-0.25, -0.2) is 14.3 Å². The van der Waals surface area contributed by atoms with Crippen molar-refractivity contribution in [2.24, 2.45) is 0 Å². The van der Waals surface area contributed by atoms with Crippen molar-refractivity contribution >= 4 is 44.5 Å². The summed E-state index contributed by atoms with van der Waals surface area (Å²) >= 11 is 9.67. The zero-order valence-corrected chi connectivity index (χ0v) is 18.8. The number of nitrogens with zero attached hydrogens (tertiary/aromatic N) is 3. The van der Waals surface area contributed by atoms with E-state index >= 15 is 0 Å². The summed E-state index contributed by atoms with van der Waals surface area (Å²) in [6.07, 6.45) is 1.41. The molecule has 0 saturated carbocycles. The van der Waals surface area contributed by atoms with E-state index in [2.05, 4.69) is 36.4 Å². The molecule has 0 saturated heterocycles. The van der Waals surface area contributed by atoms with Gasteiger partial charge in [-0.2, -0.15) is 5.10 Å². The molecule has 0 aliphatic heterocycles. The van der Waals surface area contributed by atoms with Gasteiger partial charge in [0.25, 0.3) is 5.56 Å². The summed E-state index contributed by atoms with van der Waals surface area (Å²) in [6.45, 7) is 7.22. The van der Waals surface area contributed by atoms with Crippen LogP contribution in [0.15, 0.2) is 33.7 Å². The number of hydrogen-bond donors (Lipinski definition) is 2. The van der Waals surface area contributed by atoms with Crippen LogP contribution in [0.1, 0.15) is 46.0 Å². The minimum absolute atomic E-state index is 0.284. The van der Waals surface area contributed by atoms with Gasteiger partial charge >= 0.3 is 6.09 Å². The number of ether oxygens (including phenoxy) is 1. The van der Waals surface area contributed by atoms with E-state index in [9.17, 15) is 9.59 Å². The Hall–Kier alpha value is -2.39. The van der Waals surface area contributed by atoms with Crippen molar-refractivity contribution in [3.8, 4) is 5.82 Å². The lowest BCUT2D eigenvalue weighted by atomic mass is 10.1. The lowest BCUT2D eigenvalue weighted by Gasteiger charge is -2.24. The van der Waals surface area contributed by atoms with Gasteiger partial charge in [0, 0.05) is 0 Å². The van der Waals surface area contributed by atoms with E-state index in [1.165, 1.54) is 10.8 Å². The Balaban J connectivity index is 2.21. The first-order chi connectivity index (χ1) is 13.6. The number of rotatable bonds is 4. The molecule has 154 valence electrons. The molecule has 1 atom stereocenters. The number of carbonyl (C=O) groups excluding carboxylic acids is 1. The number of nitrogens with one attached hydrogen (secondary N) is 2. The van der Waals surface area contributed by atoms with Crippen LogP contribution < -0.4 is 10.9 Å². The molecule has 2 heterocycles. The molecule has 0 radical (unpaired) electrons. The first-order valence-corrected chi connectivity index (χ1v) is 10.2. The first-order valence-electron chi connectivity index (χ1n) is 9.02. The predicted molar refractivity (Wildman–Crippen MR) is 115 cm³/mol. The van der Waals surface area contributed by atoms with Crippen molar-refractivity contribution in [3.63, 3.8) is 0 Å². The van der Waals surface area contributed by atoms with Crippen LogP contribution in [-0.2, 0) is 4.74 Å². The predicted octanol–water partition coefficient (Wildman–Crippen LogP) is 4.50. The van der Waals surface area contributed by atoms with Gasteiger partial charge in [0.2, 0.25) is 0 Å². The van der Waals surface area contributed by atoms with Gasteiger partial charge in [-0.3, -0.25) is 9.89 Å². The lowest BCUT2D eigenvalue weighted by Crippen LogP contribution is -2.38. The number of alkyl carbamates (subject to hydrolysis) is 1. The van der Waals surface area contributed by atoms with E-state index in [1.807, 2.05) is 6.92 Å². The Morgan fingerprint density at radius 3 is 2.72 bits per heavy atom. The first kappa shape index (κ1) is 21.3. The fraction of sp³-hybridized carbons (Fsp3) is 0.368. The molecule has 10 heteroatoms. The van der Waals surface area contributed by atoms with Crippen molar-refractivity contribution in [3.05, 3.63) is 50.1 Å². The largest absolute Gasteiger partial charge is 0.444 e. The summed E-state index contributed by atoms with van der Waals surface area (Å²) in [6, 6.07) is 4.48. The molecular weight excluding hydrogens is 462 g/mol. The second-order valence-electron chi connectivity index (χ2n) is 7.42. The average molecular weight is 483 g/mol. The second-order valence-corrected chi connectivity index (χ2v) is 8.68. The maximum absolute atomic E-state index is 13.4. The Bertz CT molecular complexity index is 1120. The Morgan fingerprint density at radius 2 is 2.14 bits per heavy atom. The Labute approximate surface area is 180 Å². The zero-order chi connectivity index (χ0) is 21.3. The van der Waals surface area contributed by atoms with Gasteiger partial charge in [0.05, 0.1) is 32.6 Å². The Kier molecular flexibility index (Phi) is 6.00. The van der Waals surface area contributed by atoms with Gasteiger partial charge < -0.3 is 10.1 Å². The third-order valence-corrected chi connectivity index (χ3v) is 4.98. The fourth-order valence-electron chi connectivity index (χ4n) is 2.88. The van der Waals surface area contributed by atoms with E-state index in [0.29, 0.717) is 33.1 Å². The van der Waals surface area contributed by atoms with E-state index in [-0.39, 0.29) is 10.9 Å². The van der Waals surface area contributed by atoms with Gasteiger partial charge in [0.15, 0.2) is 5.82 Å². The van der Waals surface area contributed by atoms with Crippen LogP contribution in [0.5, 0.6) is 0 Å². The van der Waals surface area contributed by atoms with Gasteiger partial charge in [-0.1, -0.05) is 24.6 Å². The van der Waals surface area contributed by atoms with E-state index in [1.54, 1.807) is 39.0 Å². The molecule has 0 aliphatic rings. The van der Waals surface area contributed by atoms with Crippen LogP contribution in [-0.4, -0.2) is 31.4 Å². The molecule has 0 spiro atoms. The summed E-state index contributed by atoms with van der Waals surface area (Å²) in [4.78, 5) is 30.4. The maximum Gasteiger partial charge on any atom is 0.408 e. The highest BCUT2D eigenvalue weighted by molar-refractivity contribution is 9.10. The molecule has 0 fully saturated rings. The standard InChI is InChI=1S/C19H21BrClN5O3/c1-5-12(24-18(28)29-19(2,3)4)16-23-13-8-6-7-11(21)14(13)17(27)26(16)15-10(20)9-22-25-15/h6-9,12H,5H2,1-4H3,(H,22,25)(H,24,28)/t12-/m0/s1. The number of fused-ring (bicyclic) bond motifs is 1. The average Bonchev–Trinajstić information content (AvgIpc) is 3.03. The number of halogens is 2. The highest BCUT2D eigenvalue weighted by Gasteiger charge is 2.26. The molecule has 2 N–H and O–H groups in total. The van der Waals surface area contributed by atoms with Crippen molar-refractivity contribution in [2.45, 2.75) is 45.8 Å². The maximum atomic E-state index is 13.4. The van der Waals surface area contributed by atoms with Crippen molar-refractivity contribution in [1.29, 1.82) is 0 Å². The molecule has 1 aromatic carbocycles. The molecule has 1 amide bonds. The molecule has 3 rings (SSSR count). The number of benzene rings is 1. The number of carbonyl (C=O) groups is 1. The number of hydrogen-bond acceptors (Lipinski definition) is 5. The highest BCUT2D eigenvalue weighted by Crippen LogP contribution is 2.26. The van der Waals surface area contributed by atoms with Crippen molar-refractivity contribution < 1.29 is 9.53 Å². The topological polar surface area (TPSA) is 102 Å². The summed E-state index contributed by atoms with van der Waals surface area (Å²) in [5.74, 6) is 0.729. The minimum Gasteiger partial charge on any atom is -0.444 e. The molecule has 29 heavy (non-hydrogen) atoms. The van der Waals surface area contributed by atoms with E-state index in [0.717, 1.165) is 0 Å². The second kappa shape index (κ2) is 8.16. The van der Waals surface area contributed by atoms with Crippen molar-refractivity contribution in [2.75, 3.05) is 0 Å². The van der Waals surface area contributed by atoms with Gasteiger partial charge in [-0.15, -0.1) is 0 Å². The number of aromatic amines is 1. The fourth-order valence-corrected chi connectivity index (χ4v) is 3.50. The minimum atomic E-state index is -0.654. The van der Waals surface area contributed by atoms with Crippen LogP contribution in [0.2, 0.25) is 5.02 Å². The quantitative estimate of drug-likeness (QED) is 0.570. The summed E-state index contributed by atoms with van der Waals surface area (Å²) < 4.78 is 7.31. The van der Waals surface area contributed by atoms with Crippen molar-refractivity contribution in [1.82, 2.24) is 25.1 Å². The normalized spacial score (nSPS) is 12.8. The number of H-pyrrole nitrogens is 1. The number of amides is 1. The Morgan fingerprint density at radius 1 is 1.41 bits per heavy atom. The van der Waals surface area contributed by atoms with E-state index in [4.69, 9.17) is 16.3 Å². The van der Waals surface area contributed by atoms with Crippen LogP contribution >= 0.6 is 27.5 Å². The molecule has 3 aromatic rings. The molecule has 0 bridgehead atoms. The molecule has 0 unspecified atom stereocenters. The van der Waals surface area contributed by atoms with Crippen LogP contribution in [0, 0.1) is 0 Å². The smallest absolute Gasteiger partial charge is 0.408 e. The SMILES string of the molecule is CC[C@H](NC(=O)OC(C)(C)C)c1nc2cccc(Cl)c2c(=O)n1-c1[nH]ncc1Br. The molecular formula is C19H21BrClN5O3. The van der Waals surface area contributed by atoms with Crippen LogP contribution in [0.25, 0.3) is 16.7 Å². The summed E-state index contributed by atoms with van der Waals surface area (Å²) in [7, 11) is 0. The van der Waals surface area contributed by atoms with E-state index < -0.39 is 17.7 Å². The van der Waals surface area contributed by atoms with Crippen LogP contribution in [0.4, 0.5) is 4.79 Å². The molecule has 0 aliphatic carbocycles. The number of aromatic nitrogens is 4. The summed E-state index contributed by atoms with van der Waals surface area (Å²) in [5, 5.41) is 10.2. The molecule has 2 aromatic heterocycles. The van der Waals surface area contributed by atoms with Gasteiger partial charge in [-0.05, 0) is 55.3 Å².